The Hall–Kier alpha value is -3.70. The first kappa shape index (κ1) is 17.1. The number of nitrogens with two attached hydrogens (primary N) is 1. The molecule has 0 unspecified atom stereocenters. The maximum atomic E-state index is 11.1. The van der Waals surface area contributed by atoms with E-state index in [9.17, 15) is 10.1 Å². The van der Waals surface area contributed by atoms with Crippen LogP contribution in [0.5, 0.6) is 5.75 Å². The molecule has 1 aromatic heterocycles. The van der Waals surface area contributed by atoms with Crippen molar-refractivity contribution in [3.63, 3.8) is 0 Å². The first-order valence-electron chi connectivity index (χ1n) is 8.11. The number of carbonyl (C=O) groups excluding carboxylic acids is 1. The predicted octanol–water partition coefficient (Wildman–Crippen LogP) is 3.04. The first-order valence-corrected chi connectivity index (χ1v) is 8.11. The number of aryl methyl sites for hydroxylation is 1. The van der Waals surface area contributed by atoms with Crippen molar-refractivity contribution in [1.29, 1.82) is 5.26 Å². The monoisotopic (exact) mass is 343 g/mol. The zero-order valence-electron chi connectivity index (χ0n) is 14.5. The number of benzene rings is 2. The summed E-state index contributed by atoms with van der Waals surface area (Å²) in [6.45, 7) is 2.68. The van der Waals surface area contributed by atoms with E-state index in [4.69, 9.17) is 10.5 Å². The Morgan fingerprint density at radius 2 is 1.92 bits per heavy atom. The molecular weight excluding hydrogens is 326 g/mol. The van der Waals surface area contributed by atoms with E-state index in [-0.39, 0.29) is 0 Å². The zero-order valence-corrected chi connectivity index (χ0v) is 14.5. The predicted molar refractivity (Wildman–Crippen MR) is 99.8 cm³/mol. The molecule has 3 aromatic rings. The van der Waals surface area contributed by atoms with Gasteiger partial charge in [0, 0.05) is 29.1 Å². The Morgan fingerprint density at radius 1 is 1.19 bits per heavy atom. The van der Waals surface area contributed by atoms with E-state index in [1.54, 1.807) is 31.4 Å². The van der Waals surface area contributed by atoms with Gasteiger partial charge < -0.3 is 15.0 Å². The number of hydrogen-bond donors (Lipinski definition) is 1. The summed E-state index contributed by atoms with van der Waals surface area (Å²) in [5.41, 5.74) is 8.55. The average Bonchev–Trinajstić information content (AvgIpc) is 2.98. The molecule has 128 valence electrons. The van der Waals surface area contributed by atoms with Crippen LogP contribution in [-0.4, -0.2) is 17.6 Å². The highest BCUT2D eigenvalue weighted by molar-refractivity contribution is 5.93. The van der Waals surface area contributed by atoms with Gasteiger partial charge in [0.15, 0.2) is 0 Å². The maximum Gasteiger partial charge on any atom is 0.248 e. The lowest BCUT2D eigenvalue weighted by Gasteiger charge is -2.04. The molecule has 0 aliphatic carbocycles. The van der Waals surface area contributed by atoms with E-state index in [2.05, 4.69) is 17.9 Å². The minimum absolute atomic E-state index is 0.433. The Kier molecular flexibility index (Phi) is 4.64. The molecule has 1 heterocycles. The van der Waals surface area contributed by atoms with Crippen molar-refractivity contribution >= 4 is 16.8 Å². The molecule has 2 N–H and O–H groups in total. The Morgan fingerprint density at radius 3 is 2.50 bits per heavy atom. The minimum Gasteiger partial charge on any atom is -0.497 e. The third-order valence-corrected chi connectivity index (χ3v) is 4.19. The highest BCUT2D eigenvalue weighted by atomic mass is 16.5. The number of aromatic nitrogens is 1. The molecule has 0 saturated carbocycles. The van der Waals surface area contributed by atoms with Gasteiger partial charge in [0.25, 0.3) is 0 Å². The molecule has 0 radical (unpaired) electrons. The summed E-state index contributed by atoms with van der Waals surface area (Å²) >= 11 is 0. The number of ether oxygens (including phenoxy) is 1. The van der Waals surface area contributed by atoms with Gasteiger partial charge in [-0.2, -0.15) is 5.26 Å². The fourth-order valence-corrected chi connectivity index (χ4v) is 2.88. The van der Waals surface area contributed by atoms with Crippen molar-refractivity contribution in [1.82, 2.24) is 4.57 Å². The van der Waals surface area contributed by atoms with Crippen molar-refractivity contribution < 1.29 is 9.53 Å². The Balaban J connectivity index is 2.13. The maximum absolute atomic E-state index is 11.1. The van der Waals surface area contributed by atoms with Crippen LogP contribution in [0.15, 0.2) is 42.5 Å². The molecule has 5 heteroatoms. The number of fused-ring (bicyclic) bond motifs is 1. The summed E-state index contributed by atoms with van der Waals surface area (Å²) < 4.78 is 7.30. The van der Waals surface area contributed by atoms with E-state index in [0.29, 0.717) is 23.4 Å². The van der Waals surface area contributed by atoms with Gasteiger partial charge in [0.2, 0.25) is 5.91 Å². The summed E-state index contributed by atoms with van der Waals surface area (Å²) in [4.78, 5) is 11.1. The molecule has 1 amide bonds. The van der Waals surface area contributed by atoms with Crippen LogP contribution in [-0.2, 0) is 6.54 Å². The van der Waals surface area contributed by atoms with Crippen LogP contribution in [0.1, 0.15) is 34.1 Å². The topological polar surface area (TPSA) is 81.0 Å². The van der Waals surface area contributed by atoms with Crippen molar-refractivity contribution in [2.24, 2.45) is 5.73 Å². The van der Waals surface area contributed by atoms with Gasteiger partial charge >= 0.3 is 0 Å². The number of rotatable bonds is 3. The molecule has 0 saturated heterocycles. The second kappa shape index (κ2) is 7.04. The van der Waals surface area contributed by atoms with Crippen LogP contribution in [0.4, 0.5) is 0 Å². The number of carbonyl (C=O) groups is 1. The van der Waals surface area contributed by atoms with Crippen LogP contribution in [0, 0.1) is 23.2 Å². The van der Waals surface area contributed by atoms with Crippen LogP contribution in [0.2, 0.25) is 0 Å². The summed E-state index contributed by atoms with van der Waals surface area (Å²) in [6.07, 6.45) is 0. The lowest BCUT2D eigenvalue weighted by molar-refractivity contribution is 0.100. The summed E-state index contributed by atoms with van der Waals surface area (Å²) in [5, 5.41) is 10.5. The van der Waals surface area contributed by atoms with E-state index in [0.717, 1.165) is 22.2 Å². The molecular formula is C21H17N3O2. The molecule has 2 aromatic carbocycles. The summed E-state index contributed by atoms with van der Waals surface area (Å²) in [6, 6.07) is 14.6. The van der Waals surface area contributed by atoms with E-state index < -0.39 is 5.91 Å². The minimum atomic E-state index is -0.476. The van der Waals surface area contributed by atoms with Crippen LogP contribution in [0.25, 0.3) is 10.9 Å². The molecule has 0 aliphatic rings. The number of methoxy groups -OCH3 is 1. The van der Waals surface area contributed by atoms with Crippen LogP contribution < -0.4 is 10.5 Å². The molecule has 26 heavy (non-hydrogen) atoms. The fourth-order valence-electron chi connectivity index (χ4n) is 2.88. The molecule has 0 aliphatic heterocycles. The number of primary amides is 1. The molecule has 0 bridgehead atoms. The van der Waals surface area contributed by atoms with Gasteiger partial charge in [-0.3, -0.25) is 4.79 Å². The fraction of sp³-hybridized carbons (Fsp3) is 0.143. The van der Waals surface area contributed by atoms with Gasteiger partial charge in [-0.15, -0.1) is 0 Å². The molecule has 0 atom stereocenters. The summed E-state index contributed by atoms with van der Waals surface area (Å²) in [7, 11) is 1.61. The van der Waals surface area contributed by atoms with E-state index in [1.165, 1.54) is 0 Å². The lowest BCUT2D eigenvalue weighted by atomic mass is 10.1. The normalized spacial score (nSPS) is 10.0. The zero-order chi connectivity index (χ0) is 18.7. The van der Waals surface area contributed by atoms with Crippen molar-refractivity contribution in [3.8, 4) is 23.7 Å². The van der Waals surface area contributed by atoms with Gasteiger partial charge in [-0.25, -0.2) is 0 Å². The number of nitriles is 1. The largest absolute Gasteiger partial charge is 0.497 e. The summed E-state index contributed by atoms with van der Waals surface area (Å²) in [5.74, 6) is 6.43. The average molecular weight is 343 g/mol. The van der Waals surface area contributed by atoms with Gasteiger partial charge in [0.05, 0.1) is 18.2 Å². The third kappa shape index (κ3) is 2.99. The standard InChI is InChI=1S/C21H17N3O2/c1-3-24-19(11-6-14-4-7-15(8-5-14)21(23)25)18(13-22)17-10-9-16(26-2)12-20(17)24/h4-5,7-10,12H,3H2,1-2H3,(H2,23,25). The van der Waals surface area contributed by atoms with Crippen LogP contribution >= 0.6 is 0 Å². The molecule has 0 spiro atoms. The second-order valence-corrected chi connectivity index (χ2v) is 5.65. The van der Waals surface area contributed by atoms with Crippen molar-refractivity contribution in [2.75, 3.05) is 7.11 Å². The third-order valence-electron chi connectivity index (χ3n) is 4.19. The number of nitrogens with zero attached hydrogens (tertiary/aromatic N) is 2. The van der Waals surface area contributed by atoms with Gasteiger partial charge in [0.1, 0.15) is 17.5 Å². The Labute approximate surface area is 151 Å². The highest BCUT2D eigenvalue weighted by Crippen LogP contribution is 2.28. The number of hydrogen-bond acceptors (Lipinski definition) is 3. The van der Waals surface area contributed by atoms with Gasteiger partial charge in [-0.05, 0) is 49.2 Å². The van der Waals surface area contributed by atoms with Crippen LogP contribution in [0.3, 0.4) is 0 Å². The Bertz CT molecular complexity index is 1090. The second-order valence-electron chi connectivity index (χ2n) is 5.65. The number of amides is 1. The van der Waals surface area contributed by atoms with Gasteiger partial charge in [-0.1, -0.05) is 5.92 Å². The smallest absolute Gasteiger partial charge is 0.248 e. The molecule has 5 nitrogen and oxygen atoms in total. The lowest BCUT2D eigenvalue weighted by Crippen LogP contribution is -2.10. The van der Waals surface area contributed by atoms with Crippen molar-refractivity contribution in [2.45, 2.75) is 13.5 Å². The molecule has 3 rings (SSSR count). The molecule has 0 fully saturated rings. The quantitative estimate of drug-likeness (QED) is 0.742. The SMILES string of the molecule is CCn1c(C#Cc2ccc(C(N)=O)cc2)c(C#N)c2ccc(OC)cc21. The first-order chi connectivity index (χ1) is 12.6. The van der Waals surface area contributed by atoms with E-state index >= 15 is 0 Å². The highest BCUT2D eigenvalue weighted by Gasteiger charge is 2.15. The van der Waals surface area contributed by atoms with E-state index in [1.807, 2.05) is 29.7 Å². The van der Waals surface area contributed by atoms with Crippen molar-refractivity contribution in [3.05, 3.63) is 64.8 Å².